The molecule has 0 aromatic heterocycles. The quantitative estimate of drug-likeness (QED) is 0.641. The number of halogens is 1. The lowest BCUT2D eigenvalue weighted by Gasteiger charge is -1.98. The summed E-state index contributed by atoms with van der Waals surface area (Å²) in [5.74, 6) is 0. The maximum absolute atomic E-state index is 5.78. The van der Waals surface area contributed by atoms with Crippen LogP contribution < -0.4 is 0 Å². The first-order valence-corrected chi connectivity index (χ1v) is 5.09. The second-order valence-corrected chi connectivity index (χ2v) is 3.92. The molecule has 1 aromatic carbocycles. The minimum absolute atomic E-state index is 0.735. The highest BCUT2D eigenvalue weighted by atomic mass is 35.5. The van der Waals surface area contributed by atoms with Gasteiger partial charge >= 0.3 is 0 Å². The fourth-order valence-electron chi connectivity index (χ4n) is 0.733. The van der Waals surface area contributed by atoms with E-state index in [2.05, 4.69) is 0 Å². The zero-order chi connectivity index (χ0) is 8.27. The highest BCUT2D eigenvalue weighted by Crippen LogP contribution is 2.15. The first-order valence-electron chi connectivity index (χ1n) is 3.08. The first-order chi connectivity index (χ1) is 5.24. The lowest BCUT2D eigenvalue weighted by Crippen LogP contribution is -1.88. The van der Waals surface area contributed by atoms with Crippen LogP contribution in [-0.2, 0) is 0 Å². The van der Waals surface area contributed by atoms with Crippen LogP contribution in [0.2, 0.25) is 5.02 Å². The van der Waals surface area contributed by atoms with E-state index in [1.54, 1.807) is 11.8 Å². The summed E-state index contributed by atoms with van der Waals surface area (Å²) >= 11 is 12.4. The highest BCUT2D eigenvalue weighted by molar-refractivity contribution is 8.23. The van der Waals surface area contributed by atoms with E-state index in [0.29, 0.717) is 0 Å². The fourth-order valence-corrected chi connectivity index (χ4v) is 1.41. The van der Waals surface area contributed by atoms with Crippen LogP contribution in [-0.4, -0.2) is 10.5 Å². The molecule has 0 bridgehead atoms. The topological polar surface area (TPSA) is 0 Å². The summed E-state index contributed by atoms with van der Waals surface area (Å²) in [5, 5.41) is 0.735. The Morgan fingerprint density at radius 3 is 2.82 bits per heavy atom. The zero-order valence-corrected chi connectivity index (χ0v) is 8.39. The van der Waals surface area contributed by atoms with E-state index in [9.17, 15) is 0 Å². The van der Waals surface area contributed by atoms with Crippen LogP contribution in [0.3, 0.4) is 0 Å². The Morgan fingerprint density at radius 2 is 2.27 bits per heavy atom. The molecule has 0 aliphatic heterocycles. The third-order valence-corrected chi connectivity index (χ3v) is 2.82. The number of benzene rings is 1. The number of hydrogen-bond donors (Lipinski definition) is 0. The summed E-state index contributed by atoms with van der Waals surface area (Å²) in [7, 11) is 0. The molecule has 0 radical (unpaired) electrons. The summed E-state index contributed by atoms with van der Waals surface area (Å²) in [4.78, 5) is 0. The van der Waals surface area contributed by atoms with E-state index >= 15 is 0 Å². The molecule has 0 unspecified atom stereocenters. The van der Waals surface area contributed by atoms with Gasteiger partial charge in [-0.15, -0.1) is 11.8 Å². The van der Waals surface area contributed by atoms with Gasteiger partial charge in [0.25, 0.3) is 0 Å². The van der Waals surface area contributed by atoms with E-state index in [1.807, 2.05) is 30.5 Å². The molecule has 0 saturated carbocycles. The van der Waals surface area contributed by atoms with Crippen molar-refractivity contribution in [2.45, 2.75) is 0 Å². The van der Waals surface area contributed by atoms with Gasteiger partial charge in [0.15, 0.2) is 0 Å². The summed E-state index contributed by atoms with van der Waals surface area (Å²) in [5.41, 5.74) is 1.03. The van der Waals surface area contributed by atoms with Crippen LogP contribution in [0.15, 0.2) is 24.3 Å². The smallest absolute Gasteiger partial charge is 0.0776 e. The maximum Gasteiger partial charge on any atom is 0.0776 e. The third kappa shape index (κ3) is 2.47. The maximum atomic E-state index is 5.78. The molecule has 0 spiro atoms. The molecule has 1 rings (SSSR count). The third-order valence-electron chi connectivity index (χ3n) is 1.25. The summed E-state index contributed by atoms with van der Waals surface area (Å²) in [6, 6.07) is 7.58. The second-order valence-electron chi connectivity index (χ2n) is 2.00. The van der Waals surface area contributed by atoms with Crippen molar-refractivity contribution in [3.63, 3.8) is 0 Å². The van der Waals surface area contributed by atoms with Crippen LogP contribution >= 0.6 is 35.6 Å². The molecule has 0 heterocycles. The Bertz CT molecular complexity index is 271. The average molecular weight is 203 g/mol. The van der Waals surface area contributed by atoms with Gasteiger partial charge in [0.2, 0.25) is 0 Å². The predicted molar refractivity (Wildman–Crippen MR) is 56.7 cm³/mol. The number of hydrogen-bond acceptors (Lipinski definition) is 2. The van der Waals surface area contributed by atoms with Crippen LogP contribution in [0.4, 0.5) is 0 Å². The van der Waals surface area contributed by atoms with E-state index in [1.165, 1.54) is 0 Å². The monoisotopic (exact) mass is 202 g/mol. The van der Waals surface area contributed by atoms with E-state index in [-0.39, 0.29) is 0 Å². The molecule has 0 nitrogen and oxygen atoms in total. The number of thioether (sulfide) groups is 1. The first kappa shape index (κ1) is 9.04. The molecule has 1 aromatic rings. The van der Waals surface area contributed by atoms with Gasteiger partial charge in [0.05, 0.1) is 4.20 Å². The Balaban J connectivity index is 2.96. The van der Waals surface area contributed by atoms with Gasteiger partial charge in [0.1, 0.15) is 0 Å². The van der Waals surface area contributed by atoms with Gasteiger partial charge in [-0.05, 0) is 18.4 Å². The molecule has 58 valence electrons. The molecule has 0 aliphatic rings. The van der Waals surface area contributed by atoms with Crippen molar-refractivity contribution < 1.29 is 0 Å². The van der Waals surface area contributed by atoms with Crippen molar-refractivity contribution >= 4 is 39.8 Å². The Labute approximate surface area is 80.9 Å². The molecule has 3 heteroatoms. The van der Waals surface area contributed by atoms with Crippen molar-refractivity contribution in [1.82, 2.24) is 0 Å². The van der Waals surface area contributed by atoms with Gasteiger partial charge < -0.3 is 0 Å². The van der Waals surface area contributed by atoms with Crippen LogP contribution in [0.1, 0.15) is 5.56 Å². The van der Waals surface area contributed by atoms with Gasteiger partial charge in [-0.1, -0.05) is 36.0 Å². The predicted octanol–water partition coefficient (Wildman–Crippen LogP) is 3.38. The standard InChI is InChI=1S/C8H7ClS2/c1-11-8(10)6-3-2-4-7(9)5-6/h2-5H,1H3. The Morgan fingerprint density at radius 1 is 1.55 bits per heavy atom. The molecule has 0 saturated heterocycles. The molecule has 0 aliphatic carbocycles. The summed E-state index contributed by atoms with van der Waals surface area (Å²) in [6.45, 7) is 0. The number of rotatable bonds is 1. The second kappa shape index (κ2) is 4.10. The van der Waals surface area contributed by atoms with E-state index in [0.717, 1.165) is 14.8 Å². The SMILES string of the molecule is CSC(=S)c1cccc(Cl)c1. The highest BCUT2D eigenvalue weighted by Gasteiger charge is 1.98. The normalized spacial score (nSPS) is 9.64. The largest absolute Gasteiger partial charge is 0.117 e. The molecule has 0 fully saturated rings. The van der Waals surface area contributed by atoms with Gasteiger partial charge in [-0.3, -0.25) is 0 Å². The molecular weight excluding hydrogens is 196 g/mol. The van der Waals surface area contributed by atoms with Gasteiger partial charge in [0, 0.05) is 10.6 Å². The Hall–Kier alpha value is -0.0500. The molecular formula is C8H7ClS2. The van der Waals surface area contributed by atoms with Crippen molar-refractivity contribution in [1.29, 1.82) is 0 Å². The number of thiocarbonyl (C=S) groups is 1. The van der Waals surface area contributed by atoms with Crippen molar-refractivity contribution in [3.05, 3.63) is 34.9 Å². The molecule has 0 atom stereocenters. The van der Waals surface area contributed by atoms with Crippen molar-refractivity contribution in [3.8, 4) is 0 Å². The lowest BCUT2D eigenvalue weighted by atomic mass is 10.2. The van der Waals surface area contributed by atoms with Crippen LogP contribution in [0.25, 0.3) is 0 Å². The summed E-state index contributed by atoms with van der Waals surface area (Å²) in [6.07, 6.45) is 1.96. The fraction of sp³-hybridized carbons (Fsp3) is 0.125. The Kier molecular flexibility index (Phi) is 3.37. The summed E-state index contributed by atoms with van der Waals surface area (Å²) < 4.78 is 0.882. The van der Waals surface area contributed by atoms with Gasteiger partial charge in [-0.25, -0.2) is 0 Å². The minimum Gasteiger partial charge on any atom is -0.117 e. The van der Waals surface area contributed by atoms with E-state index < -0.39 is 0 Å². The molecule has 11 heavy (non-hydrogen) atoms. The van der Waals surface area contributed by atoms with Crippen molar-refractivity contribution in [2.24, 2.45) is 0 Å². The minimum atomic E-state index is 0.735. The van der Waals surface area contributed by atoms with Crippen molar-refractivity contribution in [2.75, 3.05) is 6.26 Å². The lowest BCUT2D eigenvalue weighted by molar-refractivity contribution is 1.68. The molecule has 0 amide bonds. The van der Waals surface area contributed by atoms with Crippen LogP contribution in [0, 0.1) is 0 Å². The molecule has 0 N–H and O–H groups in total. The van der Waals surface area contributed by atoms with E-state index in [4.69, 9.17) is 23.8 Å². The van der Waals surface area contributed by atoms with Crippen LogP contribution in [0.5, 0.6) is 0 Å². The van der Waals surface area contributed by atoms with Gasteiger partial charge in [-0.2, -0.15) is 0 Å². The zero-order valence-electron chi connectivity index (χ0n) is 6.00. The average Bonchev–Trinajstić information content (AvgIpc) is 2.03.